The minimum atomic E-state index is -2.99. The van der Waals surface area contributed by atoms with E-state index in [1.807, 2.05) is 12.4 Å². The molecule has 3 aliphatic heterocycles. The summed E-state index contributed by atoms with van der Waals surface area (Å²) in [6.45, 7) is 0. The van der Waals surface area contributed by atoms with Gasteiger partial charge in [-0.2, -0.15) is 0 Å². The number of hydrogen-bond donors (Lipinski definition) is 0. The monoisotopic (exact) mass is 695 g/mol. The molecule has 250 valence electrons. The van der Waals surface area contributed by atoms with Crippen molar-refractivity contribution in [2.75, 3.05) is 9.80 Å². The van der Waals surface area contributed by atoms with Gasteiger partial charge in [0.1, 0.15) is 0 Å². The van der Waals surface area contributed by atoms with Crippen molar-refractivity contribution < 1.29 is 4.74 Å². The molecule has 53 heavy (non-hydrogen) atoms. The van der Waals surface area contributed by atoms with Gasteiger partial charge < -0.3 is 14.5 Å². The van der Waals surface area contributed by atoms with Crippen molar-refractivity contribution in [3.63, 3.8) is 0 Å². The molecule has 1 atom stereocenters. The number of anilines is 6. The highest BCUT2D eigenvalue weighted by atomic mass is 28.3. The second-order valence-electron chi connectivity index (χ2n) is 13.9. The zero-order chi connectivity index (χ0) is 34.9. The quantitative estimate of drug-likeness (QED) is 0.172. The van der Waals surface area contributed by atoms with Gasteiger partial charge in [0.15, 0.2) is 19.6 Å². The average molecular weight is 696 g/mol. The fourth-order valence-electron chi connectivity index (χ4n) is 9.26. The molecule has 8 aromatic rings. The number of pyridine rings is 1. The lowest BCUT2D eigenvalue weighted by Gasteiger charge is -2.49. The normalized spacial score (nSPS) is 15.6. The van der Waals surface area contributed by atoms with Gasteiger partial charge in [-0.1, -0.05) is 133 Å². The zero-order valence-corrected chi connectivity index (χ0v) is 29.8. The summed E-state index contributed by atoms with van der Waals surface area (Å²) in [7, 11) is -2.99. The molecule has 0 saturated heterocycles. The van der Waals surface area contributed by atoms with Crippen LogP contribution in [-0.4, -0.2) is 13.1 Å². The second-order valence-corrected chi connectivity index (χ2v) is 17.6. The number of benzene rings is 7. The molecule has 11 rings (SSSR count). The highest BCUT2D eigenvalue weighted by Crippen LogP contribution is 2.61. The maximum Gasteiger partial charge on any atom is 0.180 e. The summed E-state index contributed by atoms with van der Waals surface area (Å²) >= 11 is 0. The number of hydrogen-bond acceptors (Lipinski definition) is 4. The Kier molecular flexibility index (Phi) is 6.60. The predicted molar refractivity (Wildman–Crippen MR) is 218 cm³/mol. The topological polar surface area (TPSA) is 28.6 Å². The summed E-state index contributed by atoms with van der Waals surface area (Å²) in [5.41, 5.74) is 10.4. The van der Waals surface area contributed by atoms with E-state index in [4.69, 9.17) is 4.74 Å². The molecule has 0 saturated carbocycles. The van der Waals surface area contributed by atoms with Gasteiger partial charge in [0, 0.05) is 29.7 Å². The highest BCUT2D eigenvalue weighted by molar-refractivity contribution is 7.20. The van der Waals surface area contributed by atoms with E-state index in [9.17, 15) is 0 Å². The number of para-hydroxylation sites is 4. The predicted octanol–water partition coefficient (Wildman–Crippen LogP) is 9.31. The molecule has 0 aliphatic carbocycles. The van der Waals surface area contributed by atoms with Gasteiger partial charge in [-0.25, -0.2) is 0 Å². The van der Waals surface area contributed by atoms with E-state index >= 15 is 0 Å². The fraction of sp³-hybridized carbons (Fsp3) is 0.0208. The Balaban J connectivity index is 1.38. The maximum atomic E-state index is 7.25. The first-order valence-corrected chi connectivity index (χ1v) is 20.2. The molecule has 7 aromatic carbocycles. The lowest BCUT2D eigenvalue weighted by molar-refractivity contribution is 0.477. The molecular weight excluding hydrogens is 663 g/mol. The first-order chi connectivity index (χ1) is 26.3. The Bertz CT molecular complexity index is 2630. The Labute approximate surface area is 309 Å². The van der Waals surface area contributed by atoms with E-state index in [1.165, 1.54) is 37.4 Å². The van der Waals surface area contributed by atoms with Crippen LogP contribution in [0.1, 0.15) is 22.6 Å². The van der Waals surface area contributed by atoms with Crippen LogP contribution in [0.25, 0.3) is 0 Å². The second kappa shape index (κ2) is 11.7. The fourth-order valence-corrected chi connectivity index (χ4v) is 14.5. The minimum Gasteiger partial charge on any atom is -0.451 e. The third-order valence-corrected chi connectivity index (χ3v) is 16.1. The summed E-state index contributed by atoms with van der Waals surface area (Å²) in [6.07, 6.45) is 3.78. The molecule has 5 heteroatoms. The molecule has 4 heterocycles. The van der Waals surface area contributed by atoms with E-state index in [0.717, 1.165) is 45.6 Å². The van der Waals surface area contributed by atoms with Gasteiger partial charge in [0.05, 0.1) is 22.7 Å². The van der Waals surface area contributed by atoms with Gasteiger partial charge in [0.25, 0.3) is 0 Å². The molecule has 4 nitrogen and oxygen atoms in total. The van der Waals surface area contributed by atoms with Crippen LogP contribution in [0.2, 0.25) is 0 Å². The summed E-state index contributed by atoms with van der Waals surface area (Å²) in [4.78, 5) is 9.29. The van der Waals surface area contributed by atoms with Crippen LogP contribution < -0.4 is 35.3 Å². The molecule has 3 aliphatic rings. The largest absolute Gasteiger partial charge is 0.451 e. The summed E-state index contributed by atoms with van der Waals surface area (Å²) in [6, 6.07) is 66.6. The molecule has 1 unspecified atom stereocenters. The molecule has 0 fully saturated rings. The summed E-state index contributed by atoms with van der Waals surface area (Å²) in [5, 5.41) is 5.52. The van der Waals surface area contributed by atoms with E-state index < -0.39 is 8.07 Å². The van der Waals surface area contributed by atoms with Gasteiger partial charge in [-0.3, -0.25) is 4.98 Å². The van der Waals surface area contributed by atoms with Crippen molar-refractivity contribution in [3.05, 3.63) is 211 Å². The van der Waals surface area contributed by atoms with Gasteiger partial charge >= 0.3 is 0 Å². The molecular formula is C48H33N3OSi. The summed E-state index contributed by atoms with van der Waals surface area (Å²) < 4.78 is 7.25. The average Bonchev–Trinajstić information content (AvgIpc) is 3.24. The number of aromatic nitrogens is 1. The maximum absolute atomic E-state index is 7.25. The van der Waals surface area contributed by atoms with Crippen molar-refractivity contribution in [2.24, 2.45) is 0 Å². The van der Waals surface area contributed by atoms with Gasteiger partial charge in [0.2, 0.25) is 0 Å². The van der Waals surface area contributed by atoms with Crippen LogP contribution in [0.3, 0.4) is 0 Å². The molecule has 0 N–H and O–H groups in total. The van der Waals surface area contributed by atoms with Crippen LogP contribution >= 0.6 is 0 Å². The Morgan fingerprint density at radius 2 is 1.04 bits per heavy atom. The van der Waals surface area contributed by atoms with Gasteiger partial charge in [-0.05, 0) is 86.0 Å². The van der Waals surface area contributed by atoms with E-state index in [1.54, 1.807) is 0 Å². The molecule has 0 amide bonds. The number of rotatable bonds is 4. The number of fused-ring (bicyclic) bond motifs is 7. The Morgan fingerprint density at radius 1 is 0.472 bits per heavy atom. The van der Waals surface area contributed by atoms with Crippen LogP contribution in [0, 0.1) is 0 Å². The first-order valence-electron chi connectivity index (χ1n) is 18.2. The number of nitrogens with zero attached hydrogens (tertiary/aromatic N) is 3. The van der Waals surface area contributed by atoms with Gasteiger partial charge in [-0.15, -0.1) is 0 Å². The van der Waals surface area contributed by atoms with Crippen molar-refractivity contribution in [2.45, 2.75) is 5.92 Å². The zero-order valence-electron chi connectivity index (χ0n) is 28.8. The van der Waals surface area contributed by atoms with Crippen LogP contribution in [0.15, 0.2) is 194 Å². The third-order valence-electron chi connectivity index (χ3n) is 11.3. The Hall–Kier alpha value is -6.69. The van der Waals surface area contributed by atoms with Crippen molar-refractivity contribution in [1.82, 2.24) is 4.98 Å². The smallest absolute Gasteiger partial charge is 0.180 e. The molecule has 0 spiro atoms. The Morgan fingerprint density at radius 3 is 1.75 bits per heavy atom. The molecule has 1 aromatic heterocycles. The van der Waals surface area contributed by atoms with E-state index in [2.05, 4.69) is 197 Å². The van der Waals surface area contributed by atoms with Crippen molar-refractivity contribution in [1.29, 1.82) is 0 Å². The standard InChI is InChI=1S/C48H33N3OSi/c1-4-16-33(17-5-1)50-40-25-13-14-26-42(40)52-48-41(50)32-44-46-45(37-22-10-12-24-39(37)51(47(46)48)34-28-30-49-31-29-34)38-23-11-15-27-43(38)53(44,35-18-6-2-7-19-35)36-20-8-3-9-21-36/h1-32,45H. The van der Waals surface area contributed by atoms with Crippen molar-refractivity contribution in [3.8, 4) is 11.5 Å². The van der Waals surface area contributed by atoms with Crippen LogP contribution in [0.5, 0.6) is 11.5 Å². The minimum absolute atomic E-state index is 0.00483. The van der Waals surface area contributed by atoms with Crippen LogP contribution in [0.4, 0.5) is 34.1 Å². The first kappa shape index (κ1) is 30.0. The SMILES string of the molecule is c1ccc(N2c3ccccc3Oc3c2cc2c4c3N(c3ccncc3)c3ccccc3C4c3ccccc3[Si]2(c2ccccc2)c2ccccc2)cc1. The van der Waals surface area contributed by atoms with Crippen molar-refractivity contribution >= 4 is 62.9 Å². The van der Waals surface area contributed by atoms with E-state index in [0.29, 0.717) is 0 Å². The molecule has 0 radical (unpaired) electrons. The lowest BCUT2D eigenvalue weighted by atomic mass is 9.79. The number of ether oxygens (including phenoxy) is 1. The lowest BCUT2D eigenvalue weighted by Crippen LogP contribution is -2.78. The van der Waals surface area contributed by atoms with Crippen LogP contribution in [-0.2, 0) is 0 Å². The molecule has 0 bridgehead atoms. The van der Waals surface area contributed by atoms with E-state index in [-0.39, 0.29) is 5.92 Å². The summed E-state index contributed by atoms with van der Waals surface area (Å²) in [5.74, 6) is 1.68. The third kappa shape index (κ3) is 4.20. The highest BCUT2D eigenvalue weighted by Gasteiger charge is 2.53.